The third-order valence-electron chi connectivity index (χ3n) is 2.82. The van der Waals surface area contributed by atoms with Gasteiger partial charge in [-0.15, -0.1) is 0 Å². The summed E-state index contributed by atoms with van der Waals surface area (Å²) in [4.78, 5) is 16.4. The highest BCUT2D eigenvalue weighted by molar-refractivity contribution is 7.80. The van der Waals surface area contributed by atoms with Crippen molar-refractivity contribution >= 4 is 28.8 Å². The number of amides is 1. The molecule has 1 aliphatic carbocycles. The maximum Gasteiger partial charge on any atom is 0.251 e. The van der Waals surface area contributed by atoms with Crippen LogP contribution in [0.3, 0.4) is 0 Å². The Balaban J connectivity index is 2.51. The Labute approximate surface area is 117 Å². The number of carbonyl (C=O) groups excluding carboxylic acids is 1. The standard InChI is InChI=1S/C12H20N4O2S/c13-7-10(14)12(19)16-11(18)8-1-3-9(4-2-8)15-5-6-17/h1,10,17H,2-7,13-14H2,(H,16,18,19). The summed E-state index contributed by atoms with van der Waals surface area (Å²) >= 11 is 4.99. The van der Waals surface area contributed by atoms with Crippen molar-refractivity contribution in [2.75, 3.05) is 19.7 Å². The molecule has 1 aliphatic rings. The number of hydrogen-bond acceptors (Lipinski definition) is 6. The summed E-state index contributed by atoms with van der Waals surface area (Å²) in [5, 5.41) is 11.3. The molecule has 0 spiro atoms. The first-order chi connectivity index (χ1) is 9.08. The van der Waals surface area contributed by atoms with Crippen LogP contribution < -0.4 is 16.8 Å². The van der Waals surface area contributed by atoms with Gasteiger partial charge in [0.25, 0.3) is 5.91 Å². The third kappa shape index (κ3) is 5.15. The number of thiocarbonyl (C=S) groups is 1. The smallest absolute Gasteiger partial charge is 0.251 e. The van der Waals surface area contributed by atoms with Gasteiger partial charge in [0.2, 0.25) is 0 Å². The maximum atomic E-state index is 11.9. The molecule has 6 nitrogen and oxygen atoms in total. The second kappa shape index (κ2) is 8.11. The van der Waals surface area contributed by atoms with E-state index < -0.39 is 6.04 Å². The summed E-state index contributed by atoms with van der Waals surface area (Å²) in [6.07, 6.45) is 3.83. The Hall–Kier alpha value is -1.15. The highest BCUT2D eigenvalue weighted by atomic mass is 32.1. The molecule has 19 heavy (non-hydrogen) atoms. The lowest BCUT2D eigenvalue weighted by atomic mass is 9.97. The van der Waals surface area contributed by atoms with Crippen molar-refractivity contribution in [3.63, 3.8) is 0 Å². The van der Waals surface area contributed by atoms with Crippen LogP contribution in [0.15, 0.2) is 16.6 Å². The fourth-order valence-corrected chi connectivity index (χ4v) is 1.86. The third-order valence-corrected chi connectivity index (χ3v) is 3.23. The fourth-order valence-electron chi connectivity index (χ4n) is 1.67. The lowest BCUT2D eigenvalue weighted by Crippen LogP contribution is -2.46. The summed E-state index contributed by atoms with van der Waals surface area (Å²) in [5.41, 5.74) is 12.7. The Bertz CT molecular complexity index is 407. The molecule has 6 N–H and O–H groups in total. The summed E-state index contributed by atoms with van der Waals surface area (Å²) in [6.45, 7) is 0.669. The largest absolute Gasteiger partial charge is 0.394 e. The predicted octanol–water partition coefficient (Wildman–Crippen LogP) is -0.740. The number of aliphatic hydroxyl groups excluding tert-OH is 1. The zero-order valence-corrected chi connectivity index (χ0v) is 11.6. The van der Waals surface area contributed by atoms with Crippen molar-refractivity contribution in [1.82, 2.24) is 5.32 Å². The van der Waals surface area contributed by atoms with Crippen molar-refractivity contribution < 1.29 is 9.90 Å². The first kappa shape index (κ1) is 15.9. The molecule has 0 aliphatic heterocycles. The van der Waals surface area contributed by atoms with E-state index >= 15 is 0 Å². The molecule has 106 valence electrons. The van der Waals surface area contributed by atoms with Crippen LogP contribution in [0.4, 0.5) is 0 Å². The van der Waals surface area contributed by atoms with Crippen LogP contribution in [-0.2, 0) is 4.79 Å². The van der Waals surface area contributed by atoms with Crippen LogP contribution >= 0.6 is 12.2 Å². The van der Waals surface area contributed by atoms with Gasteiger partial charge < -0.3 is 21.9 Å². The van der Waals surface area contributed by atoms with E-state index in [-0.39, 0.29) is 24.0 Å². The van der Waals surface area contributed by atoms with Crippen LogP contribution in [0.25, 0.3) is 0 Å². The number of hydrogen-bond donors (Lipinski definition) is 4. The molecular weight excluding hydrogens is 264 g/mol. The van der Waals surface area contributed by atoms with Gasteiger partial charge in [-0.1, -0.05) is 18.3 Å². The van der Waals surface area contributed by atoms with Crippen molar-refractivity contribution in [2.24, 2.45) is 16.5 Å². The molecule has 0 aromatic carbocycles. The van der Waals surface area contributed by atoms with Gasteiger partial charge in [-0.25, -0.2) is 0 Å². The Morgan fingerprint density at radius 1 is 1.58 bits per heavy atom. The molecule has 0 heterocycles. The van der Waals surface area contributed by atoms with Gasteiger partial charge >= 0.3 is 0 Å². The van der Waals surface area contributed by atoms with Gasteiger partial charge in [0.1, 0.15) is 4.99 Å². The molecular formula is C12H20N4O2S. The zero-order chi connectivity index (χ0) is 14.3. The number of rotatable bonds is 5. The quantitative estimate of drug-likeness (QED) is 0.497. The summed E-state index contributed by atoms with van der Waals surface area (Å²) < 4.78 is 0. The van der Waals surface area contributed by atoms with Crippen LogP contribution in [0, 0.1) is 0 Å². The van der Waals surface area contributed by atoms with Crippen LogP contribution in [0.5, 0.6) is 0 Å². The van der Waals surface area contributed by atoms with Crippen LogP contribution in [0.2, 0.25) is 0 Å². The van der Waals surface area contributed by atoms with E-state index in [0.29, 0.717) is 25.0 Å². The molecule has 0 saturated carbocycles. The molecule has 0 saturated heterocycles. The van der Waals surface area contributed by atoms with Gasteiger partial charge in [0, 0.05) is 24.3 Å². The van der Waals surface area contributed by atoms with Crippen molar-refractivity contribution in [3.8, 4) is 0 Å². The lowest BCUT2D eigenvalue weighted by molar-refractivity contribution is -0.116. The number of nitrogens with one attached hydrogen (secondary N) is 1. The average molecular weight is 284 g/mol. The van der Waals surface area contributed by atoms with E-state index in [4.69, 9.17) is 28.8 Å². The Morgan fingerprint density at radius 3 is 2.84 bits per heavy atom. The first-order valence-corrected chi connectivity index (χ1v) is 6.62. The number of aliphatic imine (C=N–C) groups is 1. The number of carbonyl (C=O) groups is 1. The van der Waals surface area contributed by atoms with E-state index in [1.54, 1.807) is 0 Å². The van der Waals surface area contributed by atoms with E-state index in [1.807, 2.05) is 6.08 Å². The number of aliphatic hydroxyl groups is 1. The van der Waals surface area contributed by atoms with Gasteiger partial charge in [0.05, 0.1) is 19.2 Å². The molecule has 0 fully saturated rings. The van der Waals surface area contributed by atoms with Crippen molar-refractivity contribution in [1.29, 1.82) is 0 Å². The molecule has 7 heteroatoms. The van der Waals surface area contributed by atoms with Gasteiger partial charge in [-0.2, -0.15) is 0 Å². The van der Waals surface area contributed by atoms with E-state index in [0.717, 1.165) is 12.1 Å². The summed E-state index contributed by atoms with van der Waals surface area (Å²) in [5.74, 6) is -0.213. The number of nitrogens with zero attached hydrogens (tertiary/aromatic N) is 1. The fraction of sp³-hybridized carbons (Fsp3) is 0.583. The topological polar surface area (TPSA) is 114 Å². The van der Waals surface area contributed by atoms with E-state index in [9.17, 15) is 4.79 Å². The molecule has 0 bridgehead atoms. The maximum absolute atomic E-state index is 11.9. The zero-order valence-electron chi connectivity index (χ0n) is 10.8. The second-order valence-electron chi connectivity index (χ2n) is 4.27. The molecule has 0 aromatic rings. The van der Waals surface area contributed by atoms with Crippen molar-refractivity contribution in [3.05, 3.63) is 11.6 Å². The predicted molar refractivity (Wildman–Crippen MR) is 79.1 cm³/mol. The van der Waals surface area contributed by atoms with E-state index in [1.165, 1.54) is 0 Å². The monoisotopic (exact) mass is 284 g/mol. The first-order valence-electron chi connectivity index (χ1n) is 6.21. The Morgan fingerprint density at radius 2 is 2.32 bits per heavy atom. The highest BCUT2D eigenvalue weighted by Crippen LogP contribution is 2.16. The molecule has 0 aromatic heterocycles. The SMILES string of the molecule is NCC(N)C(=S)NC(=O)C1=CCC(=NCCO)CC1. The van der Waals surface area contributed by atoms with Crippen LogP contribution in [0.1, 0.15) is 19.3 Å². The molecule has 0 radical (unpaired) electrons. The van der Waals surface area contributed by atoms with Gasteiger partial charge in [-0.05, 0) is 12.8 Å². The summed E-state index contributed by atoms with van der Waals surface area (Å²) in [7, 11) is 0. The van der Waals surface area contributed by atoms with Crippen molar-refractivity contribution in [2.45, 2.75) is 25.3 Å². The highest BCUT2D eigenvalue weighted by Gasteiger charge is 2.17. The minimum atomic E-state index is -0.496. The normalized spacial score (nSPS) is 18.9. The van der Waals surface area contributed by atoms with Crippen LogP contribution in [-0.4, -0.2) is 47.5 Å². The van der Waals surface area contributed by atoms with Gasteiger partial charge in [0.15, 0.2) is 0 Å². The second-order valence-corrected chi connectivity index (χ2v) is 4.71. The minimum absolute atomic E-state index is 0.0474. The minimum Gasteiger partial charge on any atom is -0.394 e. The molecule has 1 unspecified atom stereocenters. The Kier molecular flexibility index (Phi) is 6.79. The number of allylic oxidation sites excluding steroid dienone is 1. The molecule has 1 atom stereocenters. The average Bonchev–Trinajstić information content (AvgIpc) is 2.44. The molecule has 1 rings (SSSR count). The lowest BCUT2D eigenvalue weighted by Gasteiger charge is -2.17. The van der Waals surface area contributed by atoms with E-state index in [2.05, 4.69) is 10.3 Å². The summed E-state index contributed by atoms with van der Waals surface area (Å²) in [6, 6.07) is -0.496. The molecule has 1 amide bonds. The number of nitrogens with two attached hydrogens (primary N) is 2. The van der Waals surface area contributed by atoms with Gasteiger partial charge in [-0.3, -0.25) is 9.79 Å².